The zero-order chi connectivity index (χ0) is 31.1. The van der Waals surface area contributed by atoms with Gasteiger partial charge in [0.2, 0.25) is 9.84 Å². The van der Waals surface area contributed by atoms with Gasteiger partial charge in [-0.05, 0) is 87.7 Å². The Morgan fingerprint density at radius 1 is 1.02 bits per heavy atom. The number of ether oxygens (including phenoxy) is 2. The number of esters is 1. The Hall–Kier alpha value is -3.60. The van der Waals surface area contributed by atoms with Gasteiger partial charge in [-0.25, -0.2) is 18.0 Å². The predicted octanol–water partition coefficient (Wildman–Crippen LogP) is 5.90. The van der Waals surface area contributed by atoms with Gasteiger partial charge in [0, 0.05) is 24.3 Å². The first-order valence-corrected chi connectivity index (χ1v) is 15.4. The SMILES string of the molecule is CCOC(=O)c1cc(S(=O)(=O)c2ccc(CCN(C[C@@H](O)c3cccc(Cl)c3)C(=O)OC(C)(C)C)cc2)ccc1NC. The summed E-state index contributed by atoms with van der Waals surface area (Å²) in [4.78, 5) is 26.8. The van der Waals surface area contributed by atoms with Crippen LogP contribution in [-0.4, -0.2) is 62.8 Å². The topological polar surface area (TPSA) is 122 Å². The van der Waals surface area contributed by atoms with E-state index < -0.39 is 33.6 Å². The van der Waals surface area contributed by atoms with Gasteiger partial charge < -0.3 is 24.8 Å². The standard InChI is InChI=1S/C31H37ClN2O7S/c1-6-40-29(36)26-19-25(14-15-27(26)33-5)42(38,39)24-12-10-21(11-13-24)16-17-34(30(37)41-31(2,3)4)20-28(35)22-8-7-9-23(32)18-22/h7-15,18-19,28,33,35H,6,16-17,20H2,1-5H3/t28-/m1/s1. The molecule has 3 rings (SSSR count). The summed E-state index contributed by atoms with van der Waals surface area (Å²) in [6.45, 7) is 7.31. The second kappa shape index (κ2) is 14.0. The molecule has 0 spiro atoms. The van der Waals surface area contributed by atoms with Crippen LogP contribution in [0.15, 0.2) is 76.5 Å². The predicted molar refractivity (Wildman–Crippen MR) is 162 cm³/mol. The molecule has 2 N–H and O–H groups in total. The Morgan fingerprint density at radius 2 is 1.69 bits per heavy atom. The number of carbonyl (C=O) groups is 2. The number of carbonyl (C=O) groups excluding carboxylic acids is 2. The van der Waals surface area contributed by atoms with Crippen molar-refractivity contribution in [2.75, 3.05) is 32.1 Å². The minimum atomic E-state index is -3.93. The largest absolute Gasteiger partial charge is 0.462 e. The summed E-state index contributed by atoms with van der Waals surface area (Å²) < 4.78 is 37.4. The van der Waals surface area contributed by atoms with E-state index in [0.29, 0.717) is 22.7 Å². The maximum atomic E-state index is 13.4. The highest BCUT2D eigenvalue weighted by molar-refractivity contribution is 7.91. The number of hydrogen-bond donors (Lipinski definition) is 2. The molecule has 1 atom stereocenters. The van der Waals surface area contributed by atoms with E-state index in [9.17, 15) is 23.1 Å². The van der Waals surface area contributed by atoms with Crippen molar-refractivity contribution in [3.05, 3.63) is 88.4 Å². The monoisotopic (exact) mass is 616 g/mol. The number of hydrogen-bond acceptors (Lipinski definition) is 8. The van der Waals surface area contributed by atoms with Crippen molar-refractivity contribution in [3.8, 4) is 0 Å². The molecule has 0 saturated heterocycles. The first kappa shape index (κ1) is 32.9. The molecule has 42 heavy (non-hydrogen) atoms. The van der Waals surface area contributed by atoms with Crippen LogP contribution >= 0.6 is 11.6 Å². The summed E-state index contributed by atoms with van der Waals surface area (Å²) >= 11 is 6.07. The van der Waals surface area contributed by atoms with Crippen LogP contribution in [0, 0.1) is 0 Å². The van der Waals surface area contributed by atoms with Crippen LogP contribution in [-0.2, 0) is 25.7 Å². The lowest BCUT2D eigenvalue weighted by Crippen LogP contribution is -2.40. The second-order valence-electron chi connectivity index (χ2n) is 10.6. The van der Waals surface area contributed by atoms with Crippen LogP contribution in [0.3, 0.4) is 0 Å². The zero-order valence-electron chi connectivity index (χ0n) is 24.4. The van der Waals surface area contributed by atoms with E-state index in [-0.39, 0.29) is 35.1 Å². The lowest BCUT2D eigenvalue weighted by atomic mass is 10.1. The number of aliphatic hydroxyl groups is 1. The lowest BCUT2D eigenvalue weighted by molar-refractivity contribution is 0.0147. The van der Waals surface area contributed by atoms with Crippen molar-refractivity contribution in [3.63, 3.8) is 0 Å². The summed E-state index contributed by atoms with van der Waals surface area (Å²) in [7, 11) is -2.30. The van der Waals surface area contributed by atoms with E-state index in [1.54, 1.807) is 71.1 Å². The lowest BCUT2D eigenvalue weighted by Gasteiger charge is -2.29. The minimum Gasteiger partial charge on any atom is -0.462 e. The number of nitrogens with one attached hydrogen (secondary N) is 1. The van der Waals surface area contributed by atoms with Gasteiger partial charge in [-0.2, -0.15) is 0 Å². The van der Waals surface area contributed by atoms with Crippen molar-refractivity contribution in [2.45, 2.75) is 55.6 Å². The zero-order valence-corrected chi connectivity index (χ0v) is 26.0. The van der Waals surface area contributed by atoms with Crippen LogP contribution in [0.4, 0.5) is 10.5 Å². The Kier molecular flexibility index (Phi) is 11.0. The fourth-order valence-corrected chi connectivity index (χ4v) is 5.62. The van der Waals surface area contributed by atoms with Crippen molar-refractivity contribution >= 4 is 39.2 Å². The molecule has 0 saturated carbocycles. The number of benzene rings is 3. The van der Waals surface area contributed by atoms with Crippen LogP contribution < -0.4 is 5.32 Å². The van der Waals surface area contributed by atoms with Gasteiger partial charge in [0.1, 0.15) is 5.60 Å². The first-order valence-electron chi connectivity index (χ1n) is 13.5. The number of anilines is 1. The number of sulfone groups is 1. The third-order valence-corrected chi connectivity index (χ3v) is 8.25. The summed E-state index contributed by atoms with van der Waals surface area (Å²) in [6, 6.07) is 17.4. The summed E-state index contributed by atoms with van der Waals surface area (Å²) in [6.07, 6.45) is -1.19. The molecule has 3 aromatic carbocycles. The highest BCUT2D eigenvalue weighted by Crippen LogP contribution is 2.27. The molecule has 0 unspecified atom stereocenters. The van der Waals surface area contributed by atoms with E-state index in [1.165, 1.54) is 35.2 Å². The van der Waals surface area contributed by atoms with E-state index in [4.69, 9.17) is 21.1 Å². The average molecular weight is 617 g/mol. The van der Waals surface area contributed by atoms with Gasteiger partial charge in [0.05, 0.1) is 34.6 Å². The van der Waals surface area contributed by atoms with Crippen LogP contribution in [0.1, 0.15) is 55.3 Å². The van der Waals surface area contributed by atoms with Gasteiger partial charge in [0.25, 0.3) is 0 Å². The number of amides is 1. The maximum absolute atomic E-state index is 13.4. The Bertz CT molecular complexity index is 1500. The van der Waals surface area contributed by atoms with Gasteiger partial charge in [-0.3, -0.25) is 0 Å². The highest BCUT2D eigenvalue weighted by atomic mass is 35.5. The molecule has 0 bridgehead atoms. The van der Waals surface area contributed by atoms with Gasteiger partial charge in [-0.15, -0.1) is 0 Å². The third kappa shape index (κ3) is 8.70. The van der Waals surface area contributed by atoms with E-state index in [2.05, 4.69) is 5.32 Å². The first-order chi connectivity index (χ1) is 19.7. The molecule has 0 radical (unpaired) electrons. The van der Waals surface area contributed by atoms with Crippen LogP contribution in [0.25, 0.3) is 0 Å². The van der Waals surface area contributed by atoms with E-state index in [1.807, 2.05) is 0 Å². The Labute approximate surface area is 252 Å². The molecular weight excluding hydrogens is 580 g/mol. The van der Waals surface area contributed by atoms with Crippen molar-refractivity contribution in [1.29, 1.82) is 0 Å². The van der Waals surface area contributed by atoms with Crippen LogP contribution in [0.2, 0.25) is 5.02 Å². The molecule has 0 heterocycles. The minimum absolute atomic E-state index is 0.0207. The quantitative estimate of drug-likeness (QED) is 0.255. The fourth-order valence-electron chi connectivity index (χ4n) is 4.13. The fraction of sp³-hybridized carbons (Fsp3) is 0.355. The number of rotatable bonds is 11. The van der Waals surface area contributed by atoms with E-state index >= 15 is 0 Å². The van der Waals surface area contributed by atoms with Gasteiger partial charge >= 0.3 is 12.1 Å². The number of halogens is 1. The molecule has 226 valence electrons. The molecule has 0 aliphatic carbocycles. The summed E-state index contributed by atoms with van der Waals surface area (Å²) in [5.41, 5.74) is 1.19. The van der Waals surface area contributed by atoms with Crippen molar-refractivity contribution in [1.82, 2.24) is 4.90 Å². The summed E-state index contributed by atoms with van der Waals surface area (Å²) in [5, 5.41) is 14.1. The highest BCUT2D eigenvalue weighted by Gasteiger charge is 2.25. The molecule has 11 heteroatoms. The number of aliphatic hydroxyl groups excluding tert-OH is 1. The second-order valence-corrected chi connectivity index (χ2v) is 13.0. The third-order valence-electron chi connectivity index (χ3n) is 6.25. The smallest absolute Gasteiger partial charge is 0.410 e. The summed E-state index contributed by atoms with van der Waals surface area (Å²) in [5.74, 6) is -0.621. The van der Waals surface area contributed by atoms with Gasteiger partial charge in [0.15, 0.2) is 0 Å². The van der Waals surface area contributed by atoms with Crippen LogP contribution in [0.5, 0.6) is 0 Å². The molecule has 0 aliphatic heterocycles. The van der Waals surface area contributed by atoms with E-state index in [0.717, 1.165) is 5.56 Å². The molecular formula is C31H37ClN2O7S. The molecule has 0 fully saturated rings. The average Bonchev–Trinajstić information content (AvgIpc) is 2.94. The molecule has 0 aliphatic rings. The molecule has 1 amide bonds. The van der Waals surface area contributed by atoms with Crippen molar-refractivity contribution < 1.29 is 32.6 Å². The van der Waals surface area contributed by atoms with Gasteiger partial charge in [-0.1, -0.05) is 35.9 Å². The molecule has 9 nitrogen and oxygen atoms in total. The molecule has 3 aromatic rings. The Morgan fingerprint density at radius 3 is 2.29 bits per heavy atom. The molecule has 0 aromatic heterocycles. The Balaban J connectivity index is 1.79. The normalized spacial score (nSPS) is 12.4. The number of nitrogens with zero attached hydrogens (tertiary/aromatic N) is 1. The van der Waals surface area contributed by atoms with Crippen molar-refractivity contribution in [2.24, 2.45) is 0 Å². The maximum Gasteiger partial charge on any atom is 0.410 e.